The molecule has 2 aromatic carbocycles. The van der Waals surface area contributed by atoms with E-state index in [1.54, 1.807) is 35.1 Å². The minimum atomic E-state index is -3.63. The molecule has 0 unspecified atom stereocenters. The van der Waals surface area contributed by atoms with Crippen LogP contribution in [-0.4, -0.2) is 33.9 Å². The zero-order valence-corrected chi connectivity index (χ0v) is 22.1. The number of hydrogen-bond acceptors (Lipinski definition) is 5. The quantitative estimate of drug-likeness (QED) is 0.296. The van der Waals surface area contributed by atoms with Gasteiger partial charge in [0, 0.05) is 40.0 Å². The van der Waals surface area contributed by atoms with Crippen molar-refractivity contribution in [3.8, 4) is 5.69 Å². The Kier molecular flexibility index (Phi) is 6.61. The molecule has 1 aliphatic carbocycles. The maximum atomic E-state index is 15.2. The van der Waals surface area contributed by atoms with E-state index < -0.39 is 27.0 Å². The maximum Gasteiger partial charge on any atom is 0.264 e. The van der Waals surface area contributed by atoms with Gasteiger partial charge in [-0.3, -0.25) is 9.48 Å². The molecule has 2 heterocycles. The van der Waals surface area contributed by atoms with Crippen molar-refractivity contribution in [2.24, 2.45) is 0 Å². The van der Waals surface area contributed by atoms with E-state index in [1.165, 1.54) is 11.8 Å². The first-order valence-electron chi connectivity index (χ1n) is 11.5. The summed E-state index contributed by atoms with van der Waals surface area (Å²) in [6.07, 6.45) is 4.72. The van der Waals surface area contributed by atoms with E-state index >= 15 is 4.39 Å². The van der Waals surface area contributed by atoms with Crippen LogP contribution in [0.15, 0.2) is 53.7 Å². The van der Waals surface area contributed by atoms with Gasteiger partial charge in [0.2, 0.25) is 10.0 Å². The molecule has 2 aromatic heterocycles. The van der Waals surface area contributed by atoms with Crippen LogP contribution in [0.25, 0.3) is 16.6 Å². The minimum absolute atomic E-state index is 0.0446. The lowest BCUT2D eigenvalue weighted by molar-refractivity contribution is 0.0981. The normalized spacial score (nSPS) is 13.9. The molecule has 1 aliphatic rings. The van der Waals surface area contributed by atoms with Crippen molar-refractivity contribution in [2.45, 2.75) is 49.1 Å². The Labute approximate surface area is 217 Å². The Balaban J connectivity index is 1.45. The number of carbonyl (C=O) groups excluding carboxylic acids is 1. The second kappa shape index (κ2) is 9.57. The van der Waals surface area contributed by atoms with Crippen LogP contribution in [0.2, 0.25) is 5.02 Å². The van der Waals surface area contributed by atoms with E-state index in [4.69, 9.17) is 11.6 Å². The van der Waals surface area contributed by atoms with Crippen LogP contribution in [-0.2, 0) is 22.3 Å². The lowest BCUT2D eigenvalue weighted by Crippen LogP contribution is -2.33. The Morgan fingerprint density at radius 2 is 2.06 bits per heavy atom. The molecule has 0 radical (unpaired) electrons. The number of hydrogen-bond donors (Lipinski definition) is 1. The summed E-state index contributed by atoms with van der Waals surface area (Å²) in [5.74, 6) is -0.626. The molecule has 1 saturated carbocycles. The van der Waals surface area contributed by atoms with Crippen molar-refractivity contribution < 1.29 is 17.6 Å². The Bertz CT molecular complexity index is 1590. The summed E-state index contributed by atoms with van der Waals surface area (Å²) in [4.78, 5) is 13.3. The van der Waals surface area contributed by atoms with Crippen LogP contribution in [0.4, 0.5) is 4.39 Å². The van der Waals surface area contributed by atoms with Gasteiger partial charge in [0.25, 0.3) is 5.91 Å². The second-order valence-electron chi connectivity index (χ2n) is 8.70. The van der Waals surface area contributed by atoms with E-state index in [1.807, 2.05) is 36.7 Å². The fourth-order valence-corrected chi connectivity index (χ4v) is 6.69. The summed E-state index contributed by atoms with van der Waals surface area (Å²) in [6, 6.07) is 10.2. The highest BCUT2D eigenvalue weighted by atomic mass is 35.5. The molecule has 1 N–H and O–H groups in total. The first kappa shape index (κ1) is 24.9. The molecular weight excluding hydrogens is 523 g/mol. The van der Waals surface area contributed by atoms with E-state index in [9.17, 15) is 13.2 Å². The average Bonchev–Trinajstić information content (AvgIpc) is 3.56. The van der Waals surface area contributed by atoms with Gasteiger partial charge in [0.05, 0.1) is 27.7 Å². The smallest absolute Gasteiger partial charge is 0.264 e. The number of aryl methyl sites for hydroxylation is 1. The molecule has 1 fully saturated rings. The highest BCUT2D eigenvalue weighted by Gasteiger charge is 2.37. The standard InChI is InChI=1S/C25H24ClFN4O3S2/c1-3-30-13-17(12-28-30)31-15(2)21(20-9-10-22(26)23(27)24(20)31)14-35-18-6-4-5-16(11-18)25(32)29-36(33,34)19-7-8-19/h4-6,9-13,19H,3,7-8,14H2,1-2H3,(H,29,32). The molecular formula is C25H24ClFN4O3S2. The summed E-state index contributed by atoms with van der Waals surface area (Å²) in [5.41, 5.74) is 3.20. The number of nitrogens with zero attached hydrogens (tertiary/aromatic N) is 3. The molecule has 0 bridgehead atoms. The van der Waals surface area contributed by atoms with Gasteiger partial charge < -0.3 is 4.57 Å². The number of rotatable bonds is 8. The summed E-state index contributed by atoms with van der Waals surface area (Å²) >= 11 is 7.62. The van der Waals surface area contributed by atoms with Crippen LogP contribution >= 0.6 is 23.4 Å². The number of fused-ring (bicyclic) bond motifs is 1. The van der Waals surface area contributed by atoms with Gasteiger partial charge in [0.15, 0.2) is 5.82 Å². The summed E-state index contributed by atoms with van der Waals surface area (Å²) < 4.78 is 45.3. The number of amides is 1. The van der Waals surface area contributed by atoms with Gasteiger partial charge in [-0.05, 0) is 56.5 Å². The Morgan fingerprint density at radius 1 is 1.28 bits per heavy atom. The number of carbonyl (C=O) groups is 1. The fraction of sp³-hybridized carbons (Fsp3) is 0.280. The molecule has 0 atom stereocenters. The monoisotopic (exact) mass is 546 g/mol. The van der Waals surface area contributed by atoms with Gasteiger partial charge in [-0.1, -0.05) is 23.7 Å². The molecule has 11 heteroatoms. The highest BCUT2D eigenvalue weighted by Crippen LogP contribution is 2.37. The van der Waals surface area contributed by atoms with Crippen molar-refractivity contribution in [3.63, 3.8) is 0 Å². The summed E-state index contributed by atoms with van der Waals surface area (Å²) in [5, 5.41) is 4.65. The van der Waals surface area contributed by atoms with Crippen molar-refractivity contribution in [2.75, 3.05) is 0 Å². The van der Waals surface area contributed by atoms with E-state index in [0.29, 0.717) is 30.7 Å². The van der Waals surface area contributed by atoms with Crippen molar-refractivity contribution >= 4 is 50.2 Å². The number of thioether (sulfide) groups is 1. The second-order valence-corrected chi connectivity index (χ2v) is 12.1. The lowest BCUT2D eigenvalue weighted by Gasteiger charge is -2.08. The zero-order valence-electron chi connectivity index (χ0n) is 19.7. The third kappa shape index (κ3) is 4.65. The fourth-order valence-electron chi connectivity index (χ4n) is 4.18. The van der Waals surface area contributed by atoms with E-state index in [2.05, 4.69) is 9.82 Å². The number of sulfonamides is 1. The molecule has 0 saturated heterocycles. The lowest BCUT2D eigenvalue weighted by atomic mass is 10.1. The van der Waals surface area contributed by atoms with Crippen molar-refractivity contribution in [1.29, 1.82) is 0 Å². The topological polar surface area (TPSA) is 86.0 Å². The third-order valence-electron chi connectivity index (χ3n) is 6.27. The largest absolute Gasteiger partial charge is 0.308 e. The van der Waals surface area contributed by atoms with Gasteiger partial charge >= 0.3 is 0 Å². The third-order valence-corrected chi connectivity index (χ3v) is 9.40. The SMILES string of the molecule is CCn1cc(-n2c(C)c(CSc3cccc(C(=O)NS(=O)(=O)C4CC4)c3)c3ccc(Cl)c(F)c32)cn1. The molecule has 7 nitrogen and oxygen atoms in total. The maximum absolute atomic E-state index is 15.2. The number of nitrogens with one attached hydrogen (secondary N) is 1. The van der Waals surface area contributed by atoms with Crippen LogP contribution in [0.1, 0.15) is 41.4 Å². The summed E-state index contributed by atoms with van der Waals surface area (Å²) in [7, 11) is -3.63. The Hall–Kier alpha value is -2.82. The molecule has 1 amide bonds. The predicted octanol–water partition coefficient (Wildman–Crippen LogP) is 5.46. The van der Waals surface area contributed by atoms with Crippen LogP contribution in [0.5, 0.6) is 0 Å². The van der Waals surface area contributed by atoms with Crippen LogP contribution in [0, 0.1) is 12.7 Å². The average molecular weight is 547 g/mol. The first-order chi connectivity index (χ1) is 17.2. The van der Waals surface area contributed by atoms with Gasteiger partial charge in [-0.25, -0.2) is 17.5 Å². The first-order valence-corrected chi connectivity index (χ1v) is 14.4. The molecule has 0 spiro atoms. The number of aromatic nitrogens is 3. The van der Waals surface area contributed by atoms with E-state index in [0.717, 1.165) is 27.2 Å². The predicted molar refractivity (Wildman–Crippen MR) is 140 cm³/mol. The van der Waals surface area contributed by atoms with Crippen molar-refractivity contribution in [3.05, 3.63) is 76.5 Å². The number of halogens is 2. The van der Waals surface area contributed by atoms with Gasteiger partial charge in [-0.15, -0.1) is 11.8 Å². The number of benzene rings is 2. The Morgan fingerprint density at radius 3 is 2.75 bits per heavy atom. The molecule has 188 valence electrons. The highest BCUT2D eigenvalue weighted by molar-refractivity contribution is 7.98. The molecule has 4 aromatic rings. The van der Waals surface area contributed by atoms with Crippen LogP contribution in [0.3, 0.4) is 0 Å². The van der Waals surface area contributed by atoms with Gasteiger partial charge in [0.1, 0.15) is 0 Å². The van der Waals surface area contributed by atoms with Crippen LogP contribution < -0.4 is 4.72 Å². The summed E-state index contributed by atoms with van der Waals surface area (Å²) in [6.45, 7) is 4.60. The molecule has 36 heavy (non-hydrogen) atoms. The zero-order chi connectivity index (χ0) is 25.6. The van der Waals surface area contributed by atoms with Gasteiger partial charge in [-0.2, -0.15) is 5.10 Å². The van der Waals surface area contributed by atoms with E-state index in [-0.39, 0.29) is 10.6 Å². The minimum Gasteiger partial charge on any atom is -0.308 e. The van der Waals surface area contributed by atoms with Crippen molar-refractivity contribution in [1.82, 2.24) is 19.1 Å². The molecule has 5 rings (SSSR count). The molecule has 0 aliphatic heterocycles.